The van der Waals surface area contributed by atoms with Crippen LogP contribution in [0.25, 0.3) is 76.9 Å². The topological polar surface area (TPSA) is 59.1 Å². The van der Waals surface area contributed by atoms with Crippen LogP contribution in [0.3, 0.4) is 0 Å². The number of hydrogen-bond donors (Lipinski definition) is 3. The Balaban J connectivity index is 1.06. The van der Waals surface area contributed by atoms with Crippen molar-refractivity contribution < 1.29 is 4.42 Å². The van der Waals surface area contributed by atoms with Crippen molar-refractivity contribution in [2.45, 2.75) is 18.5 Å². The molecule has 4 heterocycles. The van der Waals surface area contributed by atoms with E-state index < -0.39 is 0 Å². The zero-order valence-corrected chi connectivity index (χ0v) is 30.9. The number of hydrogen-bond acceptors (Lipinski definition) is 4. The molecular weight excluding hydrogens is 699 g/mol. The molecule has 6 heteroatoms. The van der Waals surface area contributed by atoms with Gasteiger partial charge in [0.15, 0.2) is 0 Å². The first-order valence-corrected chi connectivity index (χ1v) is 19.6. The van der Waals surface area contributed by atoms with Crippen molar-refractivity contribution in [1.82, 2.24) is 25.1 Å². The van der Waals surface area contributed by atoms with Crippen LogP contribution in [0.2, 0.25) is 0 Å². The van der Waals surface area contributed by atoms with Gasteiger partial charge < -0.3 is 13.6 Å². The molecule has 0 radical (unpaired) electrons. The molecule has 0 spiro atoms. The lowest BCUT2D eigenvalue weighted by molar-refractivity contribution is 0.203. The molecule has 1 saturated heterocycles. The van der Waals surface area contributed by atoms with E-state index in [0.717, 1.165) is 44.3 Å². The third-order valence-electron chi connectivity index (χ3n) is 11.8. The summed E-state index contributed by atoms with van der Waals surface area (Å²) in [4.78, 5) is 0. The molecule has 3 N–H and O–H groups in total. The molecule has 2 atom stereocenters. The zero-order chi connectivity index (χ0) is 37.5. The highest BCUT2D eigenvalue weighted by Gasteiger charge is 2.30. The largest absolute Gasteiger partial charge is 0.456 e. The standard InChI is InChI=1S/C51H37N5O/c1-4-14-32(15-5-1)49-52-50(33-16-6-2-7-17-33)54-51(53-49)34-24-26-36(27-25-34)56-43-29-28-42-47(38-21-10-12-22-41(38)55(42)35-18-8-3-9-19-35)48(43)40-31-46-39(30-44(40)56)37-20-11-13-23-45(37)57-46/h1-31,49-54H. The number of aromatic nitrogens is 2. The van der Waals surface area contributed by atoms with Crippen molar-refractivity contribution in [3.8, 4) is 11.4 Å². The monoisotopic (exact) mass is 735 g/mol. The van der Waals surface area contributed by atoms with E-state index in [0.29, 0.717) is 0 Å². The molecule has 12 rings (SSSR count). The molecule has 1 aliphatic heterocycles. The van der Waals surface area contributed by atoms with E-state index in [-0.39, 0.29) is 18.5 Å². The van der Waals surface area contributed by atoms with Gasteiger partial charge in [-0.05, 0) is 77.4 Å². The molecule has 1 aliphatic rings. The third-order valence-corrected chi connectivity index (χ3v) is 11.8. The van der Waals surface area contributed by atoms with Gasteiger partial charge in [0.1, 0.15) is 11.2 Å². The average molecular weight is 736 g/mol. The number of furan rings is 1. The first kappa shape index (κ1) is 32.3. The summed E-state index contributed by atoms with van der Waals surface area (Å²) in [6, 6.07) is 67.3. The molecule has 3 aromatic heterocycles. The van der Waals surface area contributed by atoms with Gasteiger partial charge in [-0.3, -0.25) is 16.0 Å². The quantitative estimate of drug-likeness (QED) is 0.165. The number of nitrogens with one attached hydrogen (secondary N) is 3. The highest BCUT2D eigenvalue weighted by atomic mass is 16.3. The van der Waals surface area contributed by atoms with Crippen LogP contribution in [0.4, 0.5) is 0 Å². The van der Waals surface area contributed by atoms with Crippen molar-refractivity contribution in [3.05, 3.63) is 205 Å². The maximum absolute atomic E-state index is 6.53. The molecule has 2 unspecified atom stereocenters. The van der Waals surface area contributed by atoms with Crippen molar-refractivity contribution in [2.75, 3.05) is 0 Å². The average Bonchev–Trinajstić information content (AvgIpc) is 3.93. The van der Waals surface area contributed by atoms with Gasteiger partial charge in [0.05, 0.1) is 40.6 Å². The Bertz CT molecular complexity index is 3230. The second-order valence-electron chi connectivity index (χ2n) is 15.1. The fraction of sp³-hybridized carbons (Fsp3) is 0.0588. The van der Waals surface area contributed by atoms with Crippen molar-refractivity contribution in [2.24, 2.45) is 0 Å². The van der Waals surface area contributed by atoms with E-state index in [1.54, 1.807) is 0 Å². The Labute approximate surface area is 328 Å². The van der Waals surface area contributed by atoms with E-state index in [1.807, 2.05) is 6.07 Å². The first-order valence-electron chi connectivity index (χ1n) is 19.6. The Morgan fingerprint density at radius 2 is 0.825 bits per heavy atom. The number of fused-ring (bicyclic) bond motifs is 10. The molecule has 1 fully saturated rings. The Kier molecular flexibility index (Phi) is 7.25. The normalized spacial score (nSPS) is 17.4. The lowest BCUT2D eigenvalue weighted by Crippen LogP contribution is -2.54. The summed E-state index contributed by atoms with van der Waals surface area (Å²) in [6.45, 7) is 0. The first-order chi connectivity index (χ1) is 28.3. The highest BCUT2D eigenvalue weighted by molar-refractivity contribution is 6.30. The van der Waals surface area contributed by atoms with E-state index in [9.17, 15) is 0 Å². The lowest BCUT2D eigenvalue weighted by Gasteiger charge is -2.39. The van der Waals surface area contributed by atoms with Crippen LogP contribution in [-0.2, 0) is 0 Å². The van der Waals surface area contributed by atoms with E-state index >= 15 is 0 Å². The van der Waals surface area contributed by atoms with Gasteiger partial charge in [0.25, 0.3) is 0 Å². The zero-order valence-electron chi connectivity index (χ0n) is 30.9. The Morgan fingerprint density at radius 3 is 1.47 bits per heavy atom. The number of rotatable bonds is 5. The summed E-state index contributed by atoms with van der Waals surface area (Å²) >= 11 is 0. The fourth-order valence-electron chi connectivity index (χ4n) is 9.25. The number of nitrogens with zero attached hydrogens (tertiary/aromatic N) is 2. The third kappa shape index (κ3) is 5.09. The van der Waals surface area contributed by atoms with Crippen LogP contribution in [0.1, 0.15) is 35.2 Å². The molecule has 6 nitrogen and oxygen atoms in total. The summed E-state index contributed by atoms with van der Waals surface area (Å²) in [5.41, 5.74) is 12.3. The summed E-state index contributed by atoms with van der Waals surface area (Å²) in [6.07, 6.45) is -0.158. The van der Waals surface area contributed by atoms with Crippen LogP contribution in [-0.4, -0.2) is 9.13 Å². The van der Waals surface area contributed by atoms with Crippen LogP contribution in [0.5, 0.6) is 0 Å². The van der Waals surface area contributed by atoms with Gasteiger partial charge in [0.2, 0.25) is 0 Å². The van der Waals surface area contributed by atoms with Crippen molar-refractivity contribution in [1.29, 1.82) is 0 Å². The van der Waals surface area contributed by atoms with Gasteiger partial charge in [-0.2, -0.15) is 0 Å². The highest BCUT2D eigenvalue weighted by Crippen LogP contribution is 2.44. The minimum absolute atomic E-state index is 0.0349. The molecule has 0 amide bonds. The minimum atomic E-state index is -0.0884. The second-order valence-corrected chi connectivity index (χ2v) is 15.1. The van der Waals surface area contributed by atoms with Gasteiger partial charge >= 0.3 is 0 Å². The molecule has 8 aromatic carbocycles. The second kappa shape index (κ2) is 12.8. The summed E-state index contributed by atoms with van der Waals surface area (Å²) in [7, 11) is 0. The number of benzene rings is 8. The van der Waals surface area contributed by atoms with Gasteiger partial charge in [-0.25, -0.2) is 0 Å². The predicted octanol–water partition coefficient (Wildman–Crippen LogP) is 12.0. The van der Waals surface area contributed by atoms with E-state index in [1.165, 1.54) is 49.3 Å². The minimum Gasteiger partial charge on any atom is -0.456 e. The van der Waals surface area contributed by atoms with Gasteiger partial charge in [-0.1, -0.05) is 127 Å². The Hall–Kier alpha value is -6.96. The summed E-state index contributed by atoms with van der Waals surface area (Å²) in [5.74, 6) is 0. The van der Waals surface area contributed by atoms with Crippen LogP contribution in [0.15, 0.2) is 192 Å². The van der Waals surface area contributed by atoms with Crippen LogP contribution >= 0.6 is 0 Å². The predicted molar refractivity (Wildman–Crippen MR) is 233 cm³/mol. The molecular formula is C51H37N5O. The Morgan fingerprint density at radius 1 is 0.333 bits per heavy atom. The molecule has 272 valence electrons. The van der Waals surface area contributed by atoms with Gasteiger partial charge in [0, 0.05) is 43.7 Å². The summed E-state index contributed by atoms with van der Waals surface area (Å²) < 4.78 is 11.4. The van der Waals surface area contributed by atoms with E-state index in [2.05, 4.69) is 207 Å². The molecule has 0 bridgehead atoms. The molecule has 11 aromatic rings. The smallest absolute Gasteiger partial charge is 0.136 e. The van der Waals surface area contributed by atoms with Gasteiger partial charge in [-0.15, -0.1) is 0 Å². The number of para-hydroxylation sites is 3. The maximum Gasteiger partial charge on any atom is 0.136 e. The molecule has 0 saturated carbocycles. The van der Waals surface area contributed by atoms with E-state index in [4.69, 9.17) is 4.42 Å². The van der Waals surface area contributed by atoms with Crippen LogP contribution in [0, 0.1) is 0 Å². The SMILES string of the molecule is c1ccc(C2NC(c3ccccc3)NC(c3ccc(-n4c5cc6c(cc5c5c7c8ccccc8n(-c8ccccc8)c7ccc54)oc4ccccc46)cc3)N2)cc1. The lowest BCUT2D eigenvalue weighted by atomic mass is 10.0. The van der Waals surface area contributed by atoms with Crippen molar-refractivity contribution in [3.63, 3.8) is 0 Å². The fourth-order valence-corrected chi connectivity index (χ4v) is 9.25. The summed E-state index contributed by atoms with van der Waals surface area (Å²) in [5, 5.41) is 18.6. The van der Waals surface area contributed by atoms with Crippen molar-refractivity contribution >= 4 is 65.6 Å². The van der Waals surface area contributed by atoms with Crippen LogP contribution < -0.4 is 16.0 Å². The maximum atomic E-state index is 6.53. The molecule has 0 aliphatic carbocycles. The molecule has 57 heavy (non-hydrogen) atoms.